The van der Waals surface area contributed by atoms with E-state index in [1.807, 2.05) is 13.8 Å². The molecule has 0 saturated heterocycles. The molecule has 0 radical (unpaired) electrons. The molecule has 0 rings (SSSR count). The zero-order valence-corrected chi connectivity index (χ0v) is 10.3. The van der Waals surface area contributed by atoms with Crippen molar-refractivity contribution in [3.63, 3.8) is 0 Å². The lowest BCUT2D eigenvalue weighted by molar-refractivity contribution is 0.258. The van der Waals surface area contributed by atoms with Crippen LogP contribution in [0.5, 0.6) is 0 Å². The van der Waals surface area contributed by atoms with Crippen LogP contribution >= 0.6 is 0 Å². The van der Waals surface area contributed by atoms with Crippen LogP contribution in [0.25, 0.3) is 0 Å². The molecule has 0 aliphatic carbocycles. The average Bonchev–Trinajstić information content (AvgIpc) is 2.14. The van der Waals surface area contributed by atoms with E-state index >= 15 is 0 Å². The molecule has 0 aliphatic heterocycles. The Morgan fingerprint density at radius 3 is 2.33 bits per heavy atom. The molecule has 0 heterocycles. The number of aliphatic hydroxyl groups is 1. The van der Waals surface area contributed by atoms with Gasteiger partial charge < -0.3 is 10.8 Å². The summed E-state index contributed by atoms with van der Waals surface area (Å²) in [5.41, 5.74) is 5.29. The van der Waals surface area contributed by atoms with E-state index in [1.165, 1.54) is 4.31 Å². The van der Waals surface area contributed by atoms with Crippen molar-refractivity contribution < 1.29 is 13.5 Å². The fraction of sp³-hybridized carbons (Fsp3) is 1.00. The van der Waals surface area contributed by atoms with Gasteiger partial charge in [-0.2, -0.15) is 4.31 Å². The van der Waals surface area contributed by atoms with Gasteiger partial charge in [-0.1, -0.05) is 0 Å². The molecular formula is C9H22N2O3S. The lowest BCUT2D eigenvalue weighted by Crippen LogP contribution is -2.39. The summed E-state index contributed by atoms with van der Waals surface area (Å²) >= 11 is 0. The third-order valence-corrected chi connectivity index (χ3v) is 4.20. The van der Waals surface area contributed by atoms with Gasteiger partial charge in [-0.15, -0.1) is 0 Å². The number of nitrogens with two attached hydrogens (primary N) is 1. The first kappa shape index (κ1) is 14.8. The first-order valence-electron chi connectivity index (χ1n) is 5.26. The van der Waals surface area contributed by atoms with Gasteiger partial charge in [0.25, 0.3) is 0 Å². The van der Waals surface area contributed by atoms with Crippen LogP contribution in [-0.4, -0.2) is 49.3 Å². The summed E-state index contributed by atoms with van der Waals surface area (Å²) in [5.74, 6) is 0.0904. The third-order valence-electron chi connectivity index (χ3n) is 2.08. The second kappa shape index (κ2) is 7.16. The van der Waals surface area contributed by atoms with Crippen molar-refractivity contribution in [1.29, 1.82) is 0 Å². The quantitative estimate of drug-likeness (QED) is 0.611. The molecule has 6 heteroatoms. The van der Waals surface area contributed by atoms with E-state index in [0.29, 0.717) is 25.9 Å². The van der Waals surface area contributed by atoms with Crippen LogP contribution in [0.15, 0.2) is 0 Å². The molecule has 0 unspecified atom stereocenters. The van der Waals surface area contributed by atoms with Crippen molar-refractivity contribution in [3.8, 4) is 0 Å². The summed E-state index contributed by atoms with van der Waals surface area (Å²) in [6.07, 6.45) is 0.949. The van der Waals surface area contributed by atoms with Crippen LogP contribution in [0.4, 0.5) is 0 Å². The average molecular weight is 238 g/mol. The molecule has 92 valence electrons. The fourth-order valence-corrected chi connectivity index (χ4v) is 3.14. The normalized spacial score (nSPS) is 12.7. The number of aliphatic hydroxyl groups excluding tert-OH is 1. The van der Waals surface area contributed by atoms with Crippen LogP contribution < -0.4 is 5.73 Å². The topological polar surface area (TPSA) is 83.6 Å². The molecule has 0 fully saturated rings. The maximum Gasteiger partial charge on any atom is 0.214 e. The third kappa shape index (κ3) is 5.46. The molecule has 0 bridgehead atoms. The predicted octanol–water partition coefficient (Wildman–Crippen LogP) is -0.242. The van der Waals surface area contributed by atoms with Crippen LogP contribution in [-0.2, 0) is 10.0 Å². The van der Waals surface area contributed by atoms with E-state index in [9.17, 15) is 8.42 Å². The van der Waals surface area contributed by atoms with Crippen molar-refractivity contribution in [2.24, 2.45) is 5.73 Å². The van der Waals surface area contributed by atoms with Crippen molar-refractivity contribution in [1.82, 2.24) is 4.31 Å². The number of sulfonamides is 1. The zero-order chi connectivity index (χ0) is 11.9. The molecule has 0 spiro atoms. The Hall–Kier alpha value is -0.170. The van der Waals surface area contributed by atoms with Gasteiger partial charge in [0.15, 0.2) is 0 Å². The Labute approximate surface area is 92.3 Å². The van der Waals surface area contributed by atoms with Crippen LogP contribution in [0.3, 0.4) is 0 Å². The summed E-state index contributed by atoms with van der Waals surface area (Å²) in [6.45, 7) is 4.43. The number of rotatable bonds is 8. The van der Waals surface area contributed by atoms with Gasteiger partial charge >= 0.3 is 0 Å². The molecule has 0 aromatic rings. The van der Waals surface area contributed by atoms with Crippen LogP contribution in [0, 0.1) is 0 Å². The smallest absolute Gasteiger partial charge is 0.214 e. The summed E-state index contributed by atoms with van der Waals surface area (Å²) < 4.78 is 25.1. The first-order chi connectivity index (χ1) is 6.95. The van der Waals surface area contributed by atoms with E-state index in [0.717, 1.165) is 0 Å². The summed E-state index contributed by atoms with van der Waals surface area (Å²) in [6, 6.07) is -0.0701. The highest BCUT2D eigenvalue weighted by Gasteiger charge is 2.23. The van der Waals surface area contributed by atoms with Crippen molar-refractivity contribution in [2.45, 2.75) is 32.7 Å². The van der Waals surface area contributed by atoms with Crippen molar-refractivity contribution in [3.05, 3.63) is 0 Å². The summed E-state index contributed by atoms with van der Waals surface area (Å²) in [7, 11) is -3.21. The highest BCUT2D eigenvalue weighted by molar-refractivity contribution is 7.89. The van der Waals surface area contributed by atoms with Gasteiger partial charge in [0.1, 0.15) is 0 Å². The van der Waals surface area contributed by atoms with E-state index in [2.05, 4.69) is 0 Å². The minimum absolute atomic E-state index is 0.00955. The van der Waals surface area contributed by atoms with Gasteiger partial charge in [-0.05, 0) is 33.2 Å². The summed E-state index contributed by atoms with van der Waals surface area (Å²) in [5, 5.41) is 8.70. The molecule has 0 atom stereocenters. The molecule has 15 heavy (non-hydrogen) atoms. The number of hydrogen-bond acceptors (Lipinski definition) is 4. The van der Waals surface area contributed by atoms with Crippen molar-refractivity contribution >= 4 is 10.0 Å². The minimum atomic E-state index is -3.21. The lowest BCUT2D eigenvalue weighted by Gasteiger charge is -2.25. The molecule has 0 aromatic carbocycles. The Morgan fingerprint density at radius 2 is 1.93 bits per heavy atom. The van der Waals surface area contributed by atoms with Crippen LogP contribution in [0.1, 0.15) is 26.7 Å². The first-order valence-corrected chi connectivity index (χ1v) is 6.87. The van der Waals surface area contributed by atoms with E-state index < -0.39 is 10.0 Å². The Bertz CT molecular complexity index is 252. The molecule has 3 N–H and O–H groups in total. The standard InChI is InChI=1S/C9H22N2O3S/c1-9(2)11(6-4-7-12)15(13,14)8-3-5-10/h9,12H,3-8,10H2,1-2H3. The fourth-order valence-electron chi connectivity index (χ4n) is 1.33. The highest BCUT2D eigenvalue weighted by Crippen LogP contribution is 2.09. The van der Waals surface area contributed by atoms with Crippen LogP contribution in [0.2, 0.25) is 0 Å². The maximum atomic E-state index is 11.8. The minimum Gasteiger partial charge on any atom is -0.396 e. The Balaban J connectivity index is 4.45. The summed E-state index contributed by atoms with van der Waals surface area (Å²) in [4.78, 5) is 0. The lowest BCUT2D eigenvalue weighted by atomic mass is 10.3. The van der Waals surface area contributed by atoms with Gasteiger partial charge in [0.05, 0.1) is 5.75 Å². The Morgan fingerprint density at radius 1 is 1.33 bits per heavy atom. The molecule has 0 saturated carbocycles. The number of hydrogen-bond donors (Lipinski definition) is 2. The van der Waals surface area contributed by atoms with Gasteiger partial charge in [-0.3, -0.25) is 0 Å². The zero-order valence-electron chi connectivity index (χ0n) is 9.52. The van der Waals surface area contributed by atoms with E-state index in [4.69, 9.17) is 10.8 Å². The molecule has 0 aromatic heterocycles. The Kier molecular flexibility index (Phi) is 7.08. The molecule has 5 nitrogen and oxygen atoms in total. The predicted molar refractivity (Wildman–Crippen MR) is 61.0 cm³/mol. The largest absolute Gasteiger partial charge is 0.396 e. The monoisotopic (exact) mass is 238 g/mol. The molecular weight excluding hydrogens is 216 g/mol. The van der Waals surface area contributed by atoms with Gasteiger partial charge in [0.2, 0.25) is 10.0 Å². The van der Waals surface area contributed by atoms with E-state index in [-0.39, 0.29) is 18.4 Å². The molecule has 0 amide bonds. The maximum absolute atomic E-state index is 11.8. The van der Waals surface area contributed by atoms with E-state index in [1.54, 1.807) is 0 Å². The second-order valence-electron chi connectivity index (χ2n) is 3.74. The SMILES string of the molecule is CC(C)N(CCCO)S(=O)(=O)CCCN. The molecule has 0 aliphatic rings. The van der Waals surface area contributed by atoms with Crippen molar-refractivity contribution in [2.75, 3.05) is 25.4 Å². The van der Waals surface area contributed by atoms with Gasteiger partial charge in [-0.25, -0.2) is 8.42 Å². The second-order valence-corrected chi connectivity index (χ2v) is 5.78. The van der Waals surface area contributed by atoms with Gasteiger partial charge in [0, 0.05) is 19.2 Å². The highest BCUT2D eigenvalue weighted by atomic mass is 32.2. The number of nitrogens with zero attached hydrogens (tertiary/aromatic N) is 1.